The second kappa shape index (κ2) is 5.92. The molecule has 1 aliphatic rings. The van der Waals surface area contributed by atoms with Gasteiger partial charge in [-0.25, -0.2) is 0 Å². The third-order valence-corrected chi connectivity index (χ3v) is 5.42. The molecule has 0 saturated carbocycles. The maximum absolute atomic E-state index is 12.3. The van der Waals surface area contributed by atoms with Gasteiger partial charge in [-0.05, 0) is 43.4 Å². The van der Waals surface area contributed by atoms with E-state index in [4.69, 9.17) is 5.73 Å². The molecule has 25 heavy (non-hydrogen) atoms. The standard InChI is InChI=1S/C22H22N2O/c1-14-20(17-9-4-3-5-10-17)21(22(23)25)15(2)24(14)19-13-12-16-8-6-7-11-18(16)19/h3-11,19H,12-13H2,1-2H3,(H2,23,25). The lowest BCUT2D eigenvalue weighted by Gasteiger charge is -2.19. The van der Waals surface area contributed by atoms with E-state index in [9.17, 15) is 4.79 Å². The molecule has 0 spiro atoms. The van der Waals surface area contributed by atoms with Crippen LogP contribution in [0.15, 0.2) is 54.6 Å². The van der Waals surface area contributed by atoms with Gasteiger partial charge in [0.2, 0.25) is 0 Å². The maximum atomic E-state index is 12.3. The van der Waals surface area contributed by atoms with E-state index in [2.05, 4.69) is 35.8 Å². The molecule has 0 fully saturated rings. The first-order chi connectivity index (χ1) is 12.1. The molecule has 1 unspecified atom stereocenters. The summed E-state index contributed by atoms with van der Waals surface area (Å²) < 4.78 is 2.31. The number of aryl methyl sites for hydroxylation is 1. The van der Waals surface area contributed by atoms with Crippen molar-refractivity contribution in [3.63, 3.8) is 0 Å². The van der Waals surface area contributed by atoms with Crippen LogP contribution in [-0.4, -0.2) is 10.5 Å². The molecule has 3 aromatic rings. The van der Waals surface area contributed by atoms with Gasteiger partial charge in [0.15, 0.2) is 0 Å². The van der Waals surface area contributed by atoms with Gasteiger partial charge in [-0.1, -0.05) is 54.6 Å². The lowest BCUT2D eigenvalue weighted by atomic mass is 10.0. The predicted octanol–water partition coefficient (Wildman–Crippen LogP) is 4.41. The number of hydrogen-bond acceptors (Lipinski definition) is 1. The van der Waals surface area contributed by atoms with Gasteiger partial charge < -0.3 is 10.3 Å². The van der Waals surface area contributed by atoms with Crippen LogP contribution in [0.1, 0.15) is 45.3 Å². The van der Waals surface area contributed by atoms with Crippen molar-refractivity contribution in [2.45, 2.75) is 32.7 Å². The third kappa shape index (κ3) is 2.39. The number of aromatic nitrogens is 1. The van der Waals surface area contributed by atoms with E-state index in [0.29, 0.717) is 5.56 Å². The van der Waals surface area contributed by atoms with E-state index in [1.54, 1.807) is 0 Å². The van der Waals surface area contributed by atoms with E-state index < -0.39 is 0 Å². The molecule has 1 aliphatic carbocycles. The largest absolute Gasteiger partial charge is 0.366 e. The van der Waals surface area contributed by atoms with Crippen LogP contribution in [0.2, 0.25) is 0 Å². The Morgan fingerprint density at radius 1 is 1.00 bits per heavy atom. The Bertz CT molecular complexity index is 954. The number of hydrogen-bond donors (Lipinski definition) is 1. The summed E-state index contributed by atoms with van der Waals surface area (Å²) in [6.07, 6.45) is 2.13. The summed E-state index contributed by atoms with van der Waals surface area (Å²) in [5, 5.41) is 0. The summed E-state index contributed by atoms with van der Waals surface area (Å²) in [4.78, 5) is 12.3. The first kappa shape index (κ1) is 15.7. The number of amides is 1. The highest BCUT2D eigenvalue weighted by molar-refractivity contribution is 6.02. The number of rotatable bonds is 3. The Labute approximate surface area is 148 Å². The fourth-order valence-corrected chi connectivity index (χ4v) is 4.38. The summed E-state index contributed by atoms with van der Waals surface area (Å²) in [6, 6.07) is 18.9. The van der Waals surface area contributed by atoms with Gasteiger partial charge in [0.05, 0.1) is 11.6 Å². The Morgan fingerprint density at radius 3 is 2.40 bits per heavy atom. The molecule has 4 rings (SSSR count). The van der Waals surface area contributed by atoms with Crippen LogP contribution in [0.5, 0.6) is 0 Å². The molecule has 0 radical (unpaired) electrons. The summed E-state index contributed by atoms with van der Waals surface area (Å²) in [5.74, 6) is -0.357. The highest BCUT2D eigenvalue weighted by Crippen LogP contribution is 2.40. The summed E-state index contributed by atoms with van der Waals surface area (Å²) >= 11 is 0. The minimum Gasteiger partial charge on any atom is -0.366 e. The van der Waals surface area contributed by atoms with Crippen molar-refractivity contribution in [1.82, 2.24) is 4.57 Å². The number of nitrogens with zero attached hydrogens (tertiary/aromatic N) is 1. The third-order valence-electron chi connectivity index (χ3n) is 5.42. The summed E-state index contributed by atoms with van der Waals surface area (Å²) in [5.41, 5.74) is 13.3. The normalized spacial score (nSPS) is 16.0. The number of benzene rings is 2. The highest BCUT2D eigenvalue weighted by Gasteiger charge is 2.30. The molecule has 2 N–H and O–H groups in total. The average molecular weight is 330 g/mol. The molecule has 126 valence electrons. The molecule has 1 atom stereocenters. The second-order valence-electron chi connectivity index (χ2n) is 6.77. The number of fused-ring (bicyclic) bond motifs is 1. The zero-order valence-corrected chi connectivity index (χ0v) is 14.6. The molecule has 1 heterocycles. The van der Waals surface area contributed by atoms with Crippen LogP contribution in [0.25, 0.3) is 11.1 Å². The van der Waals surface area contributed by atoms with Crippen molar-refractivity contribution in [3.05, 3.63) is 82.7 Å². The van der Waals surface area contributed by atoms with E-state index in [-0.39, 0.29) is 11.9 Å². The molecule has 0 bridgehead atoms. The number of carbonyl (C=O) groups is 1. The quantitative estimate of drug-likeness (QED) is 0.760. The van der Waals surface area contributed by atoms with Crippen molar-refractivity contribution in [3.8, 4) is 11.1 Å². The van der Waals surface area contributed by atoms with Crippen LogP contribution in [0.3, 0.4) is 0 Å². The molecule has 3 nitrogen and oxygen atoms in total. The molecular formula is C22H22N2O. The first-order valence-corrected chi connectivity index (χ1v) is 8.74. The van der Waals surface area contributed by atoms with Crippen LogP contribution in [0, 0.1) is 13.8 Å². The molecule has 0 saturated heterocycles. The SMILES string of the molecule is Cc1c(C(N)=O)c(-c2ccccc2)c(C)n1C1CCc2ccccc21. The van der Waals surface area contributed by atoms with Gasteiger partial charge in [0.25, 0.3) is 5.91 Å². The van der Waals surface area contributed by atoms with Crippen LogP contribution >= 0.6 is 0 Å². The van der Waals surface area contributed by atoms with Gasteiger partial charge in [0.1, 0.15) is 0 Å². The Morgan fingerprint density at radius 2 is 1.68 bits per heavy atom. The van der Waals surface area contributed by atoms with E-state index >= 15 is 0 Å². The second-order valence-corrected chi connectivity index (χ2v) is 6.77. The summed E-state index contributed by atoms with van der Waals surface area (Å²) in [7, 11) is 0. The fraction of sp³-hybridized carbons (Fsp3) is 0.227. The van der Waals surface area contributed by atoms with Crippen LogP contribution in [-0.2, 0) is 6.42 Å². The Kier molecular flexibility index (Phi) is 3.72. The van der Waals surface area contributed by atoms with Gasteiger partial charge in [0, 0.05) is 17.0 Å². The van der Waals surface area contributed by atoms with Crippen molar-refractivity contribution in [1.29, 1.82) is 0 Å². The number of nitrogens with two attached hydrogens (primary N) is 1. The van der Waals surface area contributed by atoms with Gasteiger partial charge in [-0.15, -0.1) is 0 Å². The summed E-state index contributed by atoms with van der Waals surface area (Å²) in [6.45, 7) is 4.11. The van der Waals surface area contributed by atoms with Crippen molar-refractivity contribution >= 4 is 5.91 Å². The predicted molar refractivity (Wildman–Crippen MR) is 101 cm³/mol. The lowest BCUT2D eigenvalue weighted by Crippen LogP contribution is -2.15. The first-order valence-electron chi connectivity index (χ1n) is 8.74. The molecular weight excluding hydrogens is 308 g/mol. The number of primary amides is 1. The highest BCUT2D eigenvalue weighted by atomic mass is 16.1. The molecule has 1 amide bonds. The molecule has 3 heteroatoms. The van der Waals surface area contributed by atoms with Gasteiger partial charge in [-0.2, -0.15) is 0 Å². The minimum absolute atomic E-state index is 0.270. The molecule has 2 aromatic carbocycles. The van der Waals surface area contributed by atoms with Crippen molar-refractivity contribution < 1.29 is 4.79 Å². The van der Waals surface area contributed by atoms with Gasteiger partial charge >= 0.3 is 0 Å². The van der Waals surface area contributed by atoms with E-state index in [0.717, 1.165) is 35.4 Å². The van der Waals surface area contributed by atoms with Gasteiger partial charge in [-0.3, -0.25) is 4.79 Å². The fourth-order valence-electron chi connectivity index (χ4n) is 4.38. The maximum Gasteiger partial charge on any atom is 0.251 e. The Hall–Kier alpha value is -2.81. The van der Waals surface area contributed by atoms with E-state index in [1.165, 1.54) is 11.1 Å². The monoisotopic (exact) mass is 330 g/mol. The van der Waals surface area contributed by atoms with Crippen LogP contribution < -0.4 is 5.73 Å². The molecule has 0 aliphatic heterocycles. The lowest BCUT2D eigenvalue weighted by molar-refractivity contribution is 0.1000. The van der Waals surface area contributed by atoms with Crippen molar-refractivity contribution in [2.75, 3.05) is 0 Å². The Balaban J connectivity index is 1.95. The van der Waals surface area contributed by atoms with Crippen molar-refractivity contribution in [2.24, 2.45) is 5.73 Å². The molecule has 1 aromatic heterocycles. The zero-order valence-electron chi connectivity index (χ0n) is 14.6. The smallest absolute Gasteiger partial charge is 0.251 e. The average Bonchev–Trinajstić information content (AvgIpc) is 3.14. The van der Waals surface area contributed by atoms with Crippen LogP contribution in [0.4, 0.5) is 0 Å². The van der Waals surface area contributed by atoms with E-state index in [1.807, 2.05) is 37.3 Å². The number of carbonyl (C=O) groups excluding carboxylic acids is 1. The minimum atomic E-state index is -0.357. The zero-order chi connectivity index (χ0) is 17.6. The topological polar surface area (TPSA) is 48.0 Å².